The second-order valence-electron chi connectivity index (χ2n) is 4.05. The minimum atomic E-state index is -0.0672. The molecule has 0 aromatic rings. The fraction of sp³-hybridized carbons (Fsp3) is 0.900. The van der Waals surface area contributed by atoms with E-state index in [9.17, 15) is 4.79 Å². The number of ether oxygens (including phenoxy) is 1. The lowest BCUT2D eigenvalue weighted by Crippen LogP contribution is -2.32. The van der Waals surface area contributed by atoms with Gasteiger partial charge in [-0.3, -0.25) is 4.79 Å². The van der Waals surface area contributed by atoms with E-state index in [4.69, 9.17) is 10.5 Å². The third-order valence-corrected chi connectivity index (χ3v) is 2.13. The average molecular weight is 200 g/mol. The van der Waals surface area contributed by atoms with Crippen molar-refractivity contribution in [1.29, 1.82) is 0 Å². The van der Waals surface area contributed by atoms with Crippen LogP contribution in [0.4, 0.5) is 0 Å². The SMILES string of the molecule is CC(N)CC(=O)NCCOCC1CC1. The summed E-state index contributed by atoms with van der Waals surface area (Å²) >= 11 is 0. The van der Waals surface area contributed by atoms with E-state index >= 15 is 0 Å². The zero-order valence-electron chi connectivity index (χ0n) is 8.79. The first kappa shape index (κ1) is 11.5. The molecule has 1 aliphatic carbocycles. The Morgan fingerprint density at radius 2 is 2.36 bits per heavy atom. The highest BCUT2D eigenvalue weighted by atomic mass is 16.5. The smallest absolute Gasteiger partial charge is 0.221 e. The lowest BCUT2D eigenvalue weighted by atomic mass is 10.2. The Morgan fingerprint density at radius 3 is 2.93 bits per heavy atom. The van der Waals surface area contributed by atoms with Gasteiger partial charge in [0, 0.05) is 25.6 Å². The van der Waals surface area contributed by atoms with Crippen LogP contribution in [0.5, 0.6) is 0 Å². The molecule has 0 aliphatic heterocycles. The van der Waals surface area contributed by atoms with Crippen LogP contribution in [-0.2, 0) is 9.53 Å². The van der Waals surface area contributed by atoms with Crippen molar-refractivity contribution in [3.63, 3.8) is 0 Å². The molecule has 0 aromatic carbocycles. The monoisotopic (exact) mass is 200 g/mol. The Hall–Kier alpha value is -0.610. The van der Waals surface area contributed by atoms with E-state index in [0.717, 1.165) is 12.5 Å². The highest BCUT2D eigenvalue weighted by Crippen LogP contribution is 2.28. The molecule has 4 nitrogen and oxygen atoms in total. The molecule has 1 fully saturated rings. The van der Waals surface area contributed by atoms with Gasteiger partial charge in [-0.25, -0.2) is 0 Å². The molecule has 0 heterocycles. The first-order valence-electron chi connectivity index (χ1n) is 5.28. The van der Waals surface area contributed by atoms with E-state index in [2.05, 4.69) is 5.32 Å². The molecule has 1 aliphatic rings. The van der Waals surface area contributed by atoms with E-state index in [1.807, 2.05) is 6.92 Å². The fourth-order valence-electron chi connectivity index (χ4n) is 1.16. The summed E-state index contributed by atoms with van der Waals surface area (Å²) in [6.45, 7) is 3.88. The predicted octanol–water partition coefficient (Wildman–Crippen LogP) is 0.267. The Morgan fingerprint density at radius 1 is 1.64 bits per heavy atom. The molecule has 0 radical (unpaired) electrons. The first-order valence-corrected chi connectivity index (χ1v) is 5.28. The number of nitrogens with two attached hydrogens (primary N) is 1. The Kier molecular flexibility index (Phi) is 4.90. The van der Waals surface area contributed by atoms with Gasteiger partial charge in [0.25, 0.3) is 0 Å². The summed E-state index contributed by atoms with van der Waals surface area (Å²) in [6, 6.07) is -0.0672. The van der Waals surface area contributed by atoms with Gasteiger partial charge >= 0.3 is 0 Å². The minimum Gasteiger partial charge on any atom is -0.379 e. The number of rotatable bonds is 7. The summed E-state index contributed by atoms with van der Waals surface area (Å²) in [5, 5.41) is 2.76. The van der Waals surface area contributed by atoms with E-state index in [1.165, 1.54) is 12.8 Å². The molecule has 1 atom stereocenters. The van der Waals surface area contributed by atoms with Crippen LogP contribution in [0.2, 0.25) is 0 Å². The molecule has 1 amide bonds. The zero-order valence-corrected chi connectivity index (χ0v) is 8.79. The number of carbonyl (C=O) groups excluding carboxylic acids is 1. The van der Waals surface area contributed by atoms with Crippen molar-refractivity contribution in [2.75, 3.05) is 19.8 Å². The van der Waals surface area contributed by atoms with E-state index < -0.39 is 0 Å². The number of amides is 1. The number of hydrogen-bond acceptors (Lipinski definition) is 3. The van der Waals surface area contributed by atoms with Gasteiger partial charge in [-0.2, -0.15) is 0 Å². The summed E-state index contributed by atoms with van der Waals surface area (Å²) < 4.78 is 5.37. The van der Waals surface area contributed by atoms with Crippen molar-refractivity contribution < 1.29 is 9.53 Å². The van der Waals surface area contributed by atoms with E-state index in [0.29, 0.717) is 19.6 Å². The third-order valence-electron chi connectivity index (χ3n) is 2.13. The average Bonchev–Trinajstić information content (AvgIpc) is 2.86. The fourth-order valence-corrected chi connectivity index (χ4v) is 1.16. The van der Waals surface area contributed by atoms with Crippen LogP contribution < -0.4 is 11.1 Å². The van der Waals surface area contributed by atoms with Gasteiger partial charge in [-0.05, 0) is 25.7 Å². The topological polar surface area (TPSA) is 64.4 Å². The molecule has 1 unspecified atom stereocenters. The maximum atomic E-state index is 11.1. The largest absolute Gasteiger partial charge is 0.379 e. The van der Waals surface area contributed by atoms with Crippen molar-refractivity contribution in [2.45, 2.75) is 32.2 Å². The second kappa shape index (κ2) is 5.98. The van der Waals surface area contributed by atoms with Gasteiger partial charge in [-0.15, -0.1) is 0 Å². The molecule has 0 bridgehead atoms. The third kappa shape index (κ3) is 5.94. The molecule has 3 N–H and O–H groups in total. The van der Waals surface area contributed by atoms with Gasteiger partial charge < -0.3 is 15.8 Å². The molecular formula is C10H20N2O2. The van der Waals surface area contributed by atoms with Crippen LogP contribution in [-0.4, -0.2) is 31.7 Å². The van der Waals surface area contributed by atoms with Crippen molar-refractivity contribution in [3.8, 4) is 0 Å². The van der Waals surface area contributed by atoms with Crippen LogP contribution in [0.15, 0.2) is 0 Å². The zero-order chi connectivity index (χ0) is 10.4. The van der Waals surface area contributed by atoms with Gasteiger partial charge in [-0.1, -0.05) is 0 Å². The number of carbonyl (C=O) groups is 1. The number of hydrogen-bond donors (Lipinski definition) is 2. The van der Waals surface area contributed by atoms with Crippen molar-refractivity contribution in [3.05, 3.63) is 0 Å². The van der Waals surface area contributed by atoms with Crippen LogP contribution >= 0.6 is 0 Å². The van der Waals surface area contributed by atoms with Crippen LogP contribution in [0, 0.1) is 5.92 Å². The highest BCUT2D eigenvalue weighted by Gasteiger charge is 2.20. The summed E-state index contributed by atoms with van der Waals surface area (Å²) in [6.07, 6.45) is 3.00. The van der Waals surface area contributed by atoms with Gasteiger partial charge in [0.2, 0.25) is 5.91 Å². The van der Waals surface area contributed by atoms with Gasteiger partial charge in [0.05, 0.1) is 6.61 Å². The molecule has 14 heavy (non-hydrogen) atoms. The molecule has 0 spiro atoms. The van der Waals surface area contributed by atoms with Gasteiger partial charge in [0.1, 0.15) is 0 Å². The maximum Gasteiger partial charge on any atom is 0.221 e. The Balaban J connectivity index is 1.84. The highest BCUT2D eigenvalue weighted by molar-refractivity contribution is 5.76. The van der Waals surface area contributed by atoms with Gasteiger partial charge in [0.15, 0.2) is 0 Å². The summed E-state index contributed by atoms with van der Waals surface area (Å²) in [7, 11) is 0. The normalized spacial score (nSPS) is 17.9. The Bertz CT molecular complexity index is 179. The second-order valence-corrected chi connectivity index (χ2v) is 4.05. The maximum absolute atomic E-state index is 11.1. The lowest BCUT2D eigenvalue weighted by Gasteiger charge is -2.07. The standard InChI is InChI=1S/C10H20N2O2/c1-8(11)6-10(13)12-4-5-14-7-9-2-3-9/h8-9H,2-7,11H2,1H3,(H,12,13). The molecule has 0 aromatic heterocycles. The first-order chi connectivity index (χ1) is 6.68. The van der Waals surface area contributed by atoms with Crippen molar-refractivity contribution in [1.82, 2.24) is 5.32 Å². The molecule has 1 saturated carbocycles. The Labute approximate surface area is 85.2 Å². The molecule has 1 rings (SSSR count). The van der Waals surface area contributed by atoms with Crippen molar-refractivity contribution in [2.24, 2.45) is 11.7 Å². The molecule has 4 heteroatoms. The quantitative estimate of drug-likeness (QED) is 0.580. The van der Waals surface area contributed by atoms with Crippen molar-refractivity contribution >= 4 is 5.91 Å². The van der Waals surface area contributed by atoms with E-state index in [-0.39, 0.29) is 11.9 Å². The minimum absolute atomic E-state index is 0.00928. The predicted molar refractivity (Wildman–Crippen MR) is 54.8 cm³/mol. The molecule has 0 saturated heterocycles. The summed E-state index contributed by atoms with van der Waals surface area (Å²) in [5.41, 5.74) is 5.48. The summed E-state index contributed by atoms with van der Waals surface area (Å²) in [5.74, 6) is 0.796. The van der Waals surface area contributed by atoms with E-state index in [1.54, 1.807) is 0 Å². The number of nitrogens with one attached hydrogen (secondary N) is 1. The van der Waals surface area contributed by atoms with Crippen LogP contribution in [0.25, 0.3) is 0 Å². The molecule has 82 valence electrons. The van der Waals surface area contributed by atoms with Crippen LogP contribution in [0.3, 0.4) is 0 Å². The summed E-state index contributed by atoms with van der Waals surface area (Å²) in [4.78, 5) is 11.1. The molecular weight excluding hydrogens is 180 g/mol. The lowest BCUT2D eigenvalue weighted by molar-refractivity contribution is -0.121. The van der Waals surface area contributed by atoms with Crippen LogP contribution in [0.1, 0.15) is 26.2 Å².